The maximum absolute atomic E-state index is 6.01. The van der Waals surface area contributed by atoms with Gasteiger partial charge in [0.15, 0.2) is 0 Å². The maximum atomic E-state index is 6.01. The van der Waals surface area contributed by atoms with Gasteiger partial charge in [0.1, 0.15) is 0 Å². The largest absolute Gasteiger partial charge is 0.374 e. The fraction of sp³-hybridized carbons (Fsp3) is 0.647. The van der Waals surface area contributed by atoms with Crippen molar-refractivity contribution >= 4 is 0 Å². The molecule has 0 bridgehead atoms. The maximum Gasteiger partial charge on any atom is 0.0829 e. The van der Waals surface area contributed by atoms with Crippen LogP contribution in [0.1, 0.15) is 26.3 Å². The number of morpholine rings is 1. The van der Waals surface area contributed by atoms with Crippen molar-refractivity contribution < 1.29 is 4.74 Å². The van der Waals surface area contributed by atoms with Crippen LogP contribution in [0.4, 0.5) is 0 Å². The molecule has 1 aliphatic rings. The van der Waals surface area contributed by atoms with Crippen LogP contribution in [-0.4, -0.2) is 54.7 Å². The van der Waals surface area contributed by atoms with Gasteiger partial charge in [-0.3, -0.25) is 4.90 Å². The van der Waals surface area contributed by atoms with Crippen LogP contribution in [0.25, 0.3) is 0 Å². The predicted molar refractivity (Wildman–Crippen MR) is 83.8 cm³/mol. The Morgan fingerprint density at radius 3 is 2.55 bits per heavy atom. The zero-order valence-electron chi connectivity index (χ0n) is 13.1. The van der Waals surface area contributed by atoms with Crippen molar-refractivity contribution in [3.8, 4) is 0 Å². The molecule has 0 spiro atoms. The van der Waals surface area contributed by atoms with Crippen molar-refractivity contribution in [3.63, 3.8) is 0 Å². The molecule has 3 nitrogen and oxygen atoms in total. The van der Waals surface area contributed by atoms with Crippen LogP contribution in [0.15, 0.2) is 30.3 Å². The number of benzene rings is 1. The fourth-order valence-electron chi connectivity index (χ4n) is 2.79. The van der Waals surface area contributed by atoms with E-state index in [2.05, 4.69) is 60.9 Å². The van der Waals surface area contributed by atoms with Crippen LogP contribution in [0.2, 0.25) is 0 Å². The smallest absolute Gasteiger partial charge is 0.0829 e. The highest BCUT2D eigenvalue weighted by Crippen LogP contribution is 2.16. The first kappa shape index (κ1) is 15.5. The molecule has 1 aliphatic heterocycles. The van der Waals surface area contributed by atoms with Crippen LogP contribution in [0.3, 0.4) is 0 Å². The summed E-state index contributed by atoms with van der Waals surface area (Å²) in [7, 11) is 0. The van der Waals surface area contributed by atoms with Gasteiger partial charge in [-0.2, -0.15) is 0 Å². The topological polar surface area (TPSA) is 15.7 Å². The first-order chi connectivity index (χ1) is 9.72. The van der Waals surface area contributed by atoms with Crippen LogP contribution >= 0.6 is 0 Å². The summed E-state index contributed by atoms with van der Waals surface area (Å²) in [5.74, 6) is 0. The van der Waals surface area contributed by atoms with Crippen molar-refractivity contribution in [2.45, 2.75) is 39.5 Å². The molecule has 1 heterocycles. The van der Waals surface area contributed by atoms with Gasteiger partial charge in [0, 0.05) is 25.7 Å². The van der Waals surface area contributed by atoms with E-state index in [1.165, 1.54) is 5.56 Å². The molecule has 0 aliphatic carbocycles. The van der Waals surface area contributed by atoms with Gasteiger partial charge in [0.2, 0.25) is 0 Å². The molecule has 2 atom stereocenters. The molecular weight excluding hydrogens is 248 g/mol. The van der Waals surface area contributed by atoms with Gasteiger partial charge >= 0.3 is 0 Å². The lowest BCUT2D eigenvalue weighted by Gasteiger charge is -2.39. The summed E-state index contributed by atoms with van der Waals surface area (Å²) in [5, 5.41) is 0. The van der Waals surface area contributed by atoms with E-state index in [1.807, 2.05) is 0 Å². The average Bonchev–Trinajstić information content (AvgIpc) is 2.49. The first-order valence-corrected chi connectivity index (χ1v) is 7.84. The second kappa shape index (κ2) is 7.77. The van der Waals surface area contributed by atoms with Crippen LogP contribution in [0.5, 0.6) is 0 Å². The minimum absolute atomic E-state index is 0.342. The zero-order chi connectivity index (χ0) is 14.4. The molecule has 1 saturated heterocycles. The Morgan fingerprint density at radius 2 is 1.90 bits per heavy atom. The van der Waals surface area contributed by atoms with Crippen LogP contribution in [0, 0.1) is 0 Å². The SMILES string of the molecule is CCN(CC)CC1CN(Cc2ccccc2)C(C)CO1. The second-order valence-corrected chi connectivity index (χ2v) is 5.71. The monoisotopic (exact) mass is 276 g/mol. The lowest BCUT2D eigenvalue weighted by atomic mass is 10.1. The highest BCUT2D eigenvalue weighted by molar-refractivity contribution is 5.14. The Balaban J connectivity index is 1.91. The van der Waals surface area contributed by atoms with Crippen LogP contribution < -0.4 is 0 Å². The van der Waals surface area contributed by atoms with E-state index < -0.39 is 0 Å². The zero-order valence-corrected chi connectivity index (χ0v) is 13.1. The van der Waals surface area contributed by atoms with Gasteiger partial charge in [0.05, 0.1) is 12.7 Å². The summed E-state index contributed by atoms with van der Waals surface area (Å²) < 4.78 is 6.01. The molecule has 2 unspecified atom stereocenters. The van der Waals surface area contributed by atoms with Gasteiger partial charge < -0.3 is 9.64 Å². The molecule has 0 aromatic heterocycles. The van der Waals surface area contributed by atoms with E-state index in [1.54, 1.807) is 0 Å². The third-order valence-corrected chi connectivity index (χ3v) is 4.22. The number of ether oxygens (including phenoxy) is 1. The van der Waals surface area contributed by atoms with Gasteiger partial charge in [-0.15, -0.1) is 0 Å². The summed E-state index contributed by atoms with van der Waals surface area (Å²) in [6.07, 6.45) is 0.342. The third-order valence-electron chi connectivity index (χ3n) is 4.22. The molecule has 0 N–H and O–H groups in total. The Kier molecular flexibility index (Phi) is 6.02. The van der Waals surface area contributed by atoms with Gasteiger partial charge in [-0.05, 0) is 25.6 Å². The minimum Gasteiger partial charge on any atom is -0.374 e. The summed E-state index contributed by atoms with van der Waals surface area (Å²) in [4.78, 5) is 4.99. The van der Waals surface area contributed by atoms with Crippen molar-refractivity contribution in [1.82, 2.24) is 9.80 Å². The highest BCUT2D eigenvalue weighted by Gasteiger charge is 2.26. The Bertz CT molecular complexity index is 378. The fourth-order valence-corrected chi connectivity index (χ4v) is 2.79. The van der Waals surface area contributed by atoms with Crippen molar-refractivity contribution in [2.24, 2.45) is 0 Å². The highest BCUT2D eigenvalue weighted by atomic mass is 16.5. The Morgan fingerprint density at radius 1 is 1.20 bits per heavy atom. The van der Waals surface area contributed by atoms with Crippen molar-refractivity contribution in [2.75, 3.05) is 32.8 Å². The molecule has 0 saturated carbocycles. The molecule has 0 radical (unpaired) electrons. The van der Waals surface area contributed by atoms with E-state index in [9.17, 15) is 0 Å². The van der Waals surface area contributed by atoms with Crippen molar-refractivity contribution in [3.05, 3.63) is 35.9 Å². The Hall–Kier alpha value is -0.900. The number of nitrogens with zero attached hydrogens (tertiary/aromatic N) is 2. The number of hydrogen-bond donors (Lipinski definition) is 0. The lowest BCUT2D eigenvalue weighted by Crippen LogP contribution is -2.51. The Labute approximate surface area is 123 Å². The summed E-state index contributed by atoms with van der Waals surface area (Å²) >= 11 is 0. The molecule has 3 heteroatoms. The van der Waals surface area contributed by atoms with E-state index in [4.69, 9.17) is 4.74 Å². The summed E-state index contributed by atoms with van der Waals surface area (Å²) in [6.45, 7) is 12.9. The van der Waals surface area contributed by atoms with Gasteiger partial charge in [0.25, 0.3) is 0 Å². The molecule has 1 aromatic carbocycles. The van der Waals surface area contributed by atoms with E-state index in [-0.39, 0.29) is 0 Å². The van der Waals surface area contributed by atoms with E-state index in [0.29, 0.717) is 12.1 Å². The molecule has 20 heavy (non-hydrogen) atoms. The van der Waals surface area contributed by atoms with E-state index >= 15 is 0 Å². The summed E-state index contributed by atoms with van der Waals surface area (Å²) in [6, 6.07) is 11.2. The number of hydrogen-bond acceptors (Lipinski definition) is 3. The van der Waals surface area contributed by atoms with Gasteiger partial charge in [-0.25, -0.2) is 0 Å². The standard InChI is InChI=1S/C17H28N2O/c1-4-18(5-2)12-17-13-19(15(3)14-20-17)11-16-9-7-6-8-10-16/h6-10,15,17H,4-5,11-14H2,1-3H3. The second-order valence-electron chi connectivity index (χ2n) is 5.71. The number of rotatable bonds is 6. The first-order valence-electron chi connectivity index (χ1n) is 7.84. The molecule has 0 amide bonds. The average molecular weight is 276 g/mol. The van der Waals surface area contributed by atoms with Crippen LogP contribution in [-0.2, 0) is 11.3 Å². The lowest BCUT2D eigenvalue weighted by molar-refractivity contribution is -0.0719. The van der Waals surface area contributed by atoms with E-state index in [0.717, 1.165) is 39.3 Å². The van der Waals surface area contributed by atoms with Crippen molar-refractivity contribution in [1.29, 1.82) is 0 Å². The minimum atomic E-state index is 0.342. The normalized spacial score (nSPS) is 24.2. The van der Waals surface area contributed by atoms with Gasteiger partial charge in [-0.1, -0.05) is 44.2 Å². The molecular formula is C17H28N2O. The quantitative estimate of drug-likeness (QED) is 0.794. The molecule has 2 rings (SSSR count). The number of likely N-dealkylation sites (N-methyl/N-ethyl adjacent to an activating group) is 1. The molecule has 1 fully saturated rings. The molecule has 1 aromatic rings. The third kappa shape index (κ3) is 4.30. The summed E-state index contributed by atoms with van der Waals surface area (Å²) in [5.41, 5.74) is 1.39. The molecule has 112 valence electrons. The predicted octanol–water partition coefficient (Wildman–Crippen LogP) is 2.62.